The van der Waals surface area contributed by atoms with Gasteiger partial charge in [-0.15, -0.1) is 0 Å². The van der Waals surface area contributed by atoms with E-state index in [1.165, 1.54) is 0 Å². The van der Waals surface area contributed by atoms with Crippen molar-refractivity contribution in [2.24, 2.45) is 0 Å². The summed E-state index contributed by atoms with van der Waals surface area (Å²) in [4.78, 5) is 10.2. The maximum Gasteiger partial charge on any atom is 0.309 e. The van der Waals surface area contributed by atoms with E-state index in [1.54, 1.807) is 6.07 Å². The van der Waals surface area contributed by atoms with Crippen molar-refractivity contribution in [3.63, 3.8) is 0 Å². The molecule has 0 unspecified atom stereocenters. The van der Waals surface area contributed by atoms with Gasteiger partial charge in [0.25, 0.3) is 0 Å². The smallest absolute Gasteiger partial charge is 0.309 e. The number of nitrogens with one attached hydrogen (secondary N) is 1. The quantitative estimate of drug-likeness (QED) is 0.547. The Balaban J connectivity index is 3.01. The molecule has 0 radical (unpaired) electrons. The summed E-state index contributed by atoms with van der Waals surface area (Å²) in [5, 5.41) is 22.8. The first-order chi connectivity index (χ1) is 5.65. The van der Waals surface area contributed by atoms with Crippen LogP contribution >= 0.6 is 0 Å². The normalized spacial score (nSPS) is 9.25. The number of H-pyrrole nitrogens is 1. The van der Waals surface area contributed by atoms with Gasteiger partial charge in [-0.1, -0.05) is 0 Å². The lowest BCUT2D eigenvalue weighted by molar-refractivity contribution is -0.136. The van der Waals surface area contributed by atoms with Gasteiger partial charge >= 0.3 is 5.97 Å². The average Bonchev–Trinajstić information content (AvgIpc) is 2.30. The lowest BCUT2D eigenvalue weighted by Crippen LogP contribution is -2.02. The zero-order chi connectivity index (χ0) is 9.14. The van der Waals surface area contributed by atoms with E-state index in [9.17, 15) is 4.79 Å². The topological polar surface area (TPSA) is 116 Å². The van der Waals surface area contributed by atoms with E-state index in [2.05, 4.69) is 10.2 Å². The van der Waals surface area contributed by atoms with E-state index < -0.39 is 5.97 Å². The Morgan fingerprint density at radius 2 is 2.50 bits per heavy atom. The van der Waals surface area contributed by atoms with Crippen LogP contribution in [0, 0.1) is 11.3 Å². The highest BCUT2D eigenvalue weighted by atomic mass is 16.4. The summed E-state index contributed by atoms with van der Waals surface area (Å²) in [6.45, 7) is 0. The third-order valence-corrected chi connectivity index (χ3v) is 1.31. The van der Waals surface area contributed by atoms with Crippen molar-refractivity contribution in [1.82, 2.24) is 10.2 Å². The fourth-order valence-corrected chi connectivity index (χ4v) is 0.798. The molecule has 0 aliphatic carbocycles. The van der Waals surface area contributed by atoms with Crippen molar-refractivity contribution >= 4 is 11.8 Å². The van der Waals surface area contributed by atoms with Gasteiger partial charge in [-0.25, -0.2) is 0 Å². The molecule has 0 fully saturated rings. The molecule has 0 spiro atoms. The number of hydrogen-bond donors (Lipinski definition) is 3. The summed E-state index contributed by atoms with van der Waals surface area (Å²) >= 11 is 0. The molecule has 1 rings (SSSR count). The van der Waals surface area contributed by atoms with Gasteiger partial charge in [-0.3, -0.25) is 9.89 Å². The molecule has 62 valence electrons. The van der Waals surface area contributed by atoms with E-state index >= 15 is 0 Å². The van der Waals surface area contributed by atoms with Gasteiger partial charge in [0.15, 0.2) is 5.82 Å². The van der Waals surface area contributed by atoms with E-state index in [1.807, 2.05) is 0 Å². The summed E-state index contributed by atoms with van der Waals surface area (Å²) in [6.07, 6.45) is -0.271. The zero-order valence-corrected chi connectivity index (χ0v) is 6.03. The fourth-order valence-electron chi connectivity index (χ4n) is 0.798. The molecular weight excluding hydrogens is 160 g/mol. The van der Waals surface area contributed by atoms with Crippen molar-refractivity contribution in [2.75, 3.05) is 5.73 Å². The van der Waals surface area contributed by atoms with Crippen LogP contribution in [-0.2, 0) is 11.2 Å². The highest BCUT2D eigenvalue weighted by molar-refractivity contribution is 5.71. The number of rotatable bonds is 2. The van der Waals surface area contributed by atoms with Crippen molar-refractivity contribution in [3.05, 3.63) is 11.3 Å². The average molecular weight is 166 g/mol. The molecule has 0 aliphatic rings. The van der Waals surface area contributed by atoms with Crippen LogP contribution in [0.15, 0.2) is 0 Å². The lowest BCUT2D eigenvalue weighted by atomic mass is 10.2. The van der Waals surface area contributed by atoms with Gasteiger partial charge in [-0.2, -0.15) is 10.4 Å². The maximum absolute atomic E-state index is 10.2. The standard InChI is InChI=1S/C6H6N4O2/c7-2-3-4(1-5(11)12)9-10-6(3)8/h1H2,(H,11,12)(H3,8,9,10). The first kappa shape index (κ1) is 8.07. The maximum atomic E-state index is 10.2. The van der Waals surface area contributed by atoms with Crippen molar-refractivity contribution in [1.29, 1.82) is 5.26 Å². The van der Waals surface area contributed by atoms with Crippen molar-refractivity contribution in [2.45, 2.75) is 6.42 Å². The van der Waals surface area contributed by atoms with Gasteiger partial charge in [0.1, 0.15) is 11.6 Å². The second-order valence-electron chi connectivity index (χ2n) is 2.14. The highest BCUT2D eigenvalue weighted by Crippen LogP contribution is 2.11. The largest absolute Gasteiger partial charge is 0.481 e. The summed E-state index contributed by atoms with van der Waals surface area (Å²) < 4.78 is 0. The highest BCUT2D eigenvalue weighted by Gasteiger charge is 2.12. The molecule has 0 bridgehead atoms. The molecule has 12 heavy (non-hydrogen) atoms. The van der Waals surface area contributed by atoms with Crippen LogP contribution < -0.4 is 5.73 Å². The number of anilines is 1. The van der Waals surface area contributed by atoms with Crippen LogP contribution in [0.2, 0.25) is 0 Å². The van der Waals surface area contributed by atoms with Crippen LogP contribution in [-0.4, -0.2) is 21.3 Å². The van der Waals surface area contributed by atoms with E-state index in [-0.39, 0.29) is 23.5 Å². The molecule has 0 aliphatic heterocycles. The molecule has 0 saturated carbocycles. The Bertz CT molecular complexity index is 349. The molecule has 0 amide bonds. The lowest BCUT2D eigenvalue weighted by Gasteiger charge is -1.89. The van der Waals surface area contributed by atoms with Gasteiger partial charge in [0.2, 0.25) is 0 Å². The first-order valence-corrected chi connectivity index (χ1v) is 3.09. The second kappa shape index (κ2) is 2.92. The van der Waals surface area contributed by atoms with Crippen molar-refractivity contribution < 1.29 is 9.90 Å². The number of aliphatic carboxylic acids is 1. The third kappa shape index (κ3) is 1.34. The summed E-state index contributed by atoms with van der Waals surface area (Å²) in [6, 6.07) is 1.77. The number of nitriles is 1. The number of aromatic amines is 1. The van der Waals surface area contributed by atoms with Crippen LogP contribution in [0.25, 0.3) is 0 Å². The Morgan fingerprint density at radius 1 is 1.83 bits per heavy atom. The number of hydrogen-bond acceptors (Lipinski definition) is 4. The summed E-state index contributed by atoms with van der Waals surface area (Å²) in [7, 11) is 0. The van der Waals surface area contributed by atoms with Gasteiger partial charge in [-0.05, 0) is 0 Å². The van der Waals surface area contributed by atoms with Crippen LogP contribution in [0.1, 0.15) is 11.3 Å². The number of nitrogens with two attached hydrogens (primary N) is 1. The Labute approximate surface area is 67.6 Å². The number of carboxylic acid groups (broad SMARTS) is 1. The molecule has 1 aromatic heterocycles. The number of carbonyl (C=O) groups is 1. The molecule has 0 saturated heterocycles. The minimum absolute atomic E-state index is 0.0359. The van der Waals surface area contributed by atoms with Gasteiger partial charge < -0.3 is 10.8 Å². The van der Waals surface area contributed by atoms with Crippen LogP contribution in [0.5, 0.6) is 0 Å². The summed E-state index contributed by atoms with van der Waals surface area (Å²) in [5.41, 5.74) is 5.62. The minimum atomic E-state index is -1.03. The molecule has 0 aromatic carbocycles. The molecule has 4 N–H and O–H groups in total. The SMILES string of the molecule is N#Cc1c(N)n[nH]c1CC(=O)O. The molecule has 6 nitrogen and oxygen atoms in total. The molecular formula is C6H6N4O2. The van der Waals surface area contributed by atoms with Gasteiger partial charge in [0, 0.05) is 0 Å². The third-order valence-electron chi connectivity index (χ3n) is 1.31. The van der Waals surface area contributed by atoms with Crippen molar-refractivity contribution in [3.8, 4) is 6.07 Å². The Hall–Kier alpha value is -2.03. The second-order valence-corrected chi connectivity index (χ2v) is 2.14. The predicted octanol–water partition coefficient (Wildman–Crippen LogP) is -0.509. The first-order valence-electron chi connectivity index (χ1n) is 3.09. The van der Waals surface area contributed by atoms with Crippen LogP contribution in [0.3, 0.4) is 0 Å². The zero-order valence-electron chi connectivity index (χ0n) is 6.03. The summed E-state index contributed by atoms with van der Waals surface area (Å²) in [5.74, 6) is -0.996. The number of carboxylic acids is 1. The van der Waals surface area contributed by atoms with Crippen LogP contribution in [0.4, 0.5) is 5.82 Å². The Morgan fingerprint density at radius 3 is 3.00 bits per heavy atom. The Kier molecular flexibility index (Phi) is 1.96. The number of nitrogen functional groups attached to an aromatic ring is 1. The van der Waals surface area contributed by atoms with E-state index in [0.29, 0.717) is 0 Å². The predicted molar refractivity (Wildman–Crippen MR) is 39.1 cm³/mol. The van der Waals surface area contributed by atoms with Gasteiger partial charge in [0.05, 0.1) is 12.1 Å². The number of nitrogens with zero attached hydrogens (tertiary/aromatic N) is 2. The number of aromatic nitrogens is 2. The van der Waals surface area contributed by atoms with E-state index in [4.69, 9.17) is 16.1 Å². The molecule has 1 aromatic rings. The minimum Gasteiger partial charge on any atom is -0.481 e. The monoisotopic (exact) mass is 166 g/mol. The molecule has 6 heteroatoms. The molecule has 0 atom stereocenters. The van der Waals surface area contributed by atoms with E-state index in [0.717, 1.165) is 0 Å². The molecule has 1 heterocycles. The fraction of sp³-hybridized carbons (Fsp3) is 0.167.